The Hall–Kier alpha value is -2.30. The quantitative estimate of drug-likeness (QED) is 0.802. The summed E-state index contributed by atoms with van der Waals surface area (Å²) in [5.74, 6) is 2.39. The van der Waals surface area contributed by atoms with Crippen LogP contribution in [0.2, 0.25) is 0 Å². The fraction of sp³-hybridized carbons (Fsp3) is 0.444. The summed E-state index contributed by atoms with van der Waals surface area (Å²) < 4.78 is 0. The minimum absolute atomic E-state index is 0.338. The normalized spacial score (nSPS) is 10.7. The highest BCUT2D eigenvalue weighted by Crippen LogP contribution is 2.21. The molecule has 0 amide bonds. The van der Waals surface area contributed by atoms with E-state index in [1.165, 1.54) is 5.69 Å². The van der Waals surface area contributed by atoms with Crippen LogP contribution in [0.5, 0.6) is 0 Å². The molecule has 0 spiro atoms. The number of nitrogens with zero attached hydrogens (tertiary/aromatic N) is 3. The molecule has 5 heteroatoms. The molecule has 2 rings (SSSR count). The van der Waals surface area contributed by atoms with Gasteiger partial charge in [-0.3, -0.25) is 0 Å². The van der Waals surface area contributed by atoms with E-state index < -0.39 is 0 Å². The Balaban J connectivity index is 2.14. The zero-order chi connectivity index (χ0) is 16.8. The van der Waals surface area contributed by atoms with E-state index in [0.29, 0.717) is 6.04 Å². The van der Waals surface area contributed by atoms with Crippen LogP contribution in [0.15, 0.2) is 30.3 Å². The Morgan fingerprint density at radius 1 is 1.00 bits per heavy atom. The summed E-state index contributed by atoms with van der Waals surface area (Å²) in [5, 5.41) is 6.66. The van der Waals surface area contributed by atoms with Gasteiger partial charge in [0.05, 0.1) is 0 Å². The first-order chi connectivity index (χ1) is 11.0. The number of rotatable bonds is 7. The van der Waals surface area contributed by atoms with Crippen LogP contribution in [0.25, 0.3) is 0 Å². The number of anilines is 4. The third-order valence-electron chi connectivity index (χ3n) is 3.54. The Labute approximate surface area is 139 Å². The molecule has 2 N–H and O–H groups in total. The van der Waals surface area contributed by atoms with Crippen LogP contribution in [0.4, 0.5) is 23.0 Å². The summed E-state index contributed by atoms with van der Waals surface area (Å²) in [6.45, 7) is 12.5. The second-order valence-electron chi connectivity index (χ2n) is 5.83. The van der Waals surface area contributed by atoms with Crippen LogP contribution in [0, 0.1) is 6.92 Å². The van der Waals surface area contributed by atoms with Gasteiger partial charge >= 0.3 is 0 Å². The van der Waals surface area contributed by atoms with Gasteiger partial charge in [-0.2, -0.15) is 0 Å². The smallest absolute Gasteiger partial charge is 0.136 e. The third-order valence-corrected chi connectivity index (χ3v) is 3.54. The largest absolute Gasteiger partial charge is 0.372 e. The lowest BCUT2D eigenvalue weighted by molar-refractivity contribution is 0.866. The van der Waals surface area contributed by atoms with E-state index in [4.69, 9.17) is 0 Å². The monoisotopic (exact) mass is 313 g/mol. The predicted molar refractivity (Wildman–Crippen MR) is 98.8 cm³/mol. The highest BCUT2D eigenvalue weighted by molar-refractivity contribution is 5.62. The van der Waals surface area contributed by atoms with Crippen molar-refractivity contribution in [2.75, 3.05) is 28.6 Å². The Kier molecular flexibility index (Phi) is 5.79. The number of hydrogen-bond acceptors (Lipinski definition) is 5. The maximum atomic E-state index is 4.45. The van der Waals surface area contributed by atoms with Gasteiger partial charge in [0.1, 0.15) is 17.5 Å². The van der Waals surface area contributed by atoms with Crippen LogP contribution in [0.1, 0.15) is 33.5 Å². The first kappa shape index (κ1) is 17.1. The summed E-state index contributed by atoms with van der Waals surface area (Å²) in [7, 11) is 0. The van der Waals surface area contributed by atoms with Gasteiger partial charge in [-0.25, -0.2) is 9.97 Å². The van der Waals surface area contributed by atoms with Crippen molar-refractivity contribution in [2.45, 2.75) is 40.7 Å². The molecule has 0 radical (unpaired) electrons. The molecule has 0 fully saturated rings. The van der Waals surface area contributed by atoms with Crippen molar-refractivity contribution in [2.24, 2.45) is 0 Å². The van der Waals surface area contributed by atoms with Crippen molar-refractivity contribution >= 4 is 23.0 Å². The molecule has 1 aromatic heterocycles. The Bertz CT molecular complexity index is 618. The van der Waals surface area contributed by atoms with Crippen molar-refractivity contribution in [1.82, 2.24) is 9.97 Å². The molecule has 0 aliphatic rings. The first-order valence-corrected chi connectivity index (χ1v) is 8.26. The van der Waals surface area contributed by atoms with Crippen molar-refractivity contribution < 1.29 is 0 Å². The number of nitrogens with one attached hydrogen (secondary N) is 2. The number of benzene rings is 1. The molecule has 0 saturated carbocycles. The van der Waals surface area contributed by atoms with Gasteiger partial charge in [0.15, 0.2) is 0 Å². The minimum atomic E-state index is 0.338. The topological polar surface area (TPSA) is 53.1 Å². The van der Waals surface area contributed by atoms with E-state index in [0.717, 1.165) is 36.2 Å². The average molecular weight is 313 g/mol. The number of hydrogen-bond donors (Lipinski definition) is 2. The van der Waals surface area contributed by atoms with Gasteiger partial charge in [0, 0.05) is 36.6 Å². The Morgan fingerprint density at radius 3 is 2.17 bits per heavy atom. The van der Waals surface area contributed by atoms with Gasteiger partial charge < -0.3 is 15.5 Å². The maximum Gasteiger partial charge on any atom is 0.136 e. The molecule has 5 nitrogen and oxygen atoms in total. The average Bonchev–Trinajstić information content (AvgIpc) is 2.49. The van der Waals surface area contributed by atoms with E-state index in [1.807, 2.05) is 13.0 Å². The minimum Gasteiger partial charge on any atom is -0.372 e. The maximum absolute atomic E-state index is 4.45. The molecule has 23 heavy (non-hydrogen) atoms. The van der Waals surface area contributed by atoms with Gasteiger partial charge in [0.2, 0.25) is 0 Å². The van der Waals surface area contributed by atoms with Gasteiger partial charge in [0.25, 0.3) is 0 Å². The molecule has 124 valence electrons. The zero-order valence-corrected chi connectivity index (χ0v) is 14.7. The summed E-state index contributed by atoms with van der Waals surface area (Å²) >= 11 is 0. The van der Waals surface area contributed by atoms with Crippen LogP contribution in [-0.2, 0) is 0 Å². The van der Waals surface area contributed by atoms with Crippen LogP contribution in [-0.4, -0.2) is 29.1 Å². The standard InChI is InChI=1S/C18H27N5/c1-6-23(7-2)16-10-8-15(9-11-16)22-18-12-17(19-13(3)4)20-14(5)21-18/h8-13H,6-7H2,1-5H3,(H2,19,20,21,22). The summed E-state index contributed by atoms with van der Waals surface area (Å²) in [6, 6.07) is 10.7. The van der Waals surface area contributed by atoms with Crippen molar-refractivity contribution in [3.8, 4) is 0 Å². The van der Waals surface area contributed by atoms with E-state index in [1.54, 1.807) is 0 Å². The third kappa shape index (κ3) is 4.84. The lowest BCUT2D eigenvalue weighted by Gasteiger charge is -2.21. The Morgan fingerprint density at radius 2 is 1.61 bits per heavy atom. The number of aryl methyl sites for hydroxylation is 1. The molecule has 0 saturated heterocycles. The van der Waals surface area contributed by atoms with Crippen molar-refractivity contribution in [3.05, 3.63) is 36.2 Å². The highest BCUT2D eigenvalue weighted by atomic mass is 15.1. The molecule has 0 aliphatic heterocycles. The molecule has 0 atom stereocenters. The van der Waals surface area contributed by atoms with E-state index in [9.17, 15) is 0 Å². The zero-order valence-electron chi connectivity index (χ0n) is 14.7. The molecular weight excluding hydrogens is 286 g/mol. The lowest BCUT2D eigenvalue weighted by Crippen LogP contribution is -2.21. The fourth-order valence-corrected chi connectivity index (χ4v) is 2.49. The van der Waals surface area contributed by atoms with Crippen LogP contribution in [0.3, 0.4) is 0 Å². The molecular formula is C18H27N5. The molecule has 2 aromatic rings. The summed E-state index contributed by atoms with van der Waals surface area (Å²) in [6.07, 6.45) is 0. The SMILES string of the molecule is CCN(CC)c1ccc(Nc2cc(NC(C)C)nc(C)n2)cc1. The van der Waals surface area contributed by atoms with Gasteiger partial charge in [-0.1, -0.05) is 0 Å². The van der Waals surface area contributed by atoms with Crippen molar-refractivity contribution in [3.63, 3.8) is 0 Å². The van der Waals surface area contributed by atoms with Crippen LogP contribution >= 0.6 is 0 Å². The highest BCUT2D eigenvalue weighted by Gasteiger charge is 2.05. The van der Waals surface area contributed by atoms with E-state index in [2.05, 4.69) is 77.5 Å². The molecule has 0 unspecified atom stereocenters. The summed E-state index contributed by atoms with van der Waals surface area (Å²) in [4.78, 5) is 11.2. The molecule has 1 heterocycles. The van der Waals surface area contributed by atoms with Crippen molar-refractivity contribution in [1.29, 1.82) is 0 Å². The molecule has 0 bridgehead atoms. The van der Waals surface area contributed by atoms with E-state index >= 15 is 0 Å². The number of aromatic nitrogens is 2. The molecule has 0 aliphatic carbocycles. The second-order valence-corrected chi connectivity index (χ2v) is 5.83. The summed E-state index contributed by atoms with van der Waals surface area (Å²) in [5.41, 5.74) is 2.26. The predicted octanol–water partition coefficient (Wildman–Crippen LogP) is 4.20. The van der Waals surface area contributed by atoms with Gasteiger partial charge in [-0.05, 0) is 58.9 Å². The first-order valence-electron chi connectivity index (χ1n) is 8.26. The van der Waals surface area contributed by atoms with E-state index in [-0.39, 0.29) is 0 Å². The fourth-order valence-electron chi connectivity index (χ4n) is 2.49. The van der Waals surface area contributed by atoms with Crippen LogP contribution < -0.4 is 15.5 Å². The molecule has 1 aromatic carbocycles. The lowest BCUT2D eigenvalue weighted by atomic mass is 10.2. The second kappa shape index (κ2) is 7.81. The van der Waals surface area contributed by atoms with Gasteiger partial charge in [-0.15, -0.1) is 0 Å².